The maximum absolute atomic E-state index is 11.4. The first-order chi connectivity index (χ1) is 11.0. The number of carbonyl (C=O) groups is 1. The molecule has 0 aromatic carbocycles. The van der Waals surface area contributed by atoms with Crippen LogP contribution in [0.3, 0.4) is 0 Å². The molecule has 0 aliphatic carbocycles. The second-order valence-corrected chi connectivity index (χ2v) is 6.08. The van der Waals surface area contributed by atoms with E-state index in [-0.39, 0.29) is 0 Å². The van der Waals surface area contributed by atoms with E-state index < -0.39 is 11.7 Å². The molecule has 0 rings (SSSR count). The van der Waals surface area contributed by atoms with Crippen LogP contribution < -0.4 is 10.6 Å². The molecule has 0 aliphatic heterocycles. The molecule has 2 N–H and O–H groups in total. The van der Waals surface area contributed by atoms with Gasteiger partial charge in [0.15, 0.2) is 0 Å². The van der Waals surface area contributed by atoms with Crippen LogP contribution >= 0.6 is 0 Å². The molecule has 0 atom stereocenters. The lowest BCUT2D eigenvalue weighted by Crippen LogP contribution is -2.33. The summed E-state index contributed by atoms with van der Waals surface area (Å²) in [6.07, 6.45) is 1.36. The Morgan fingerprint density at radius 3 is 1.78 bits per heavy atom. The van der Waals surface area contributed by atoms with Crippen molar-refractivity contribution in [2.75, 3.05) is 59.8 Å². The number of rotatable bonds is 14. The molecular weight excluding hydrogens is 300 g/mol. The molecule has 0 bridgehead atoms. The SMILES string of the molecule is CNCCCOCCOCCOCCCNC(=O)OC(C)(C)C. The normalized spacial score (nSPS) is 11.5. The minimum Gasteiger partial charge on any atom is -0.444 e. The van der Waals surface area contributed by atoms with E-state index in [0.29, 0.717) is 39.6 Å². The van der Waals surface area contributed by atoms with Gasteiger partial charge in [-0.1, -0.05) is 0 Å². The molecule has 0 unspecified atom stereocenters. The molecule has 1 amide bonds. The molecule has 23 heavy (non-hydrogen) atoms. The van der Waals surface area contributed by atoms with Crippen molar-refractivity contribution in [3.63, 3.8) is 0 Å². The number of carbonyl (C=O) groups excluding carboxylic acids is 1. The quantitative estimate of drug-likeness (QED) is 0.470. The van der Waals surface area contributed by atoms with Crippen LogP contribution in [-0.4, -0.2) is 71.5 Å². The van der Waals surface area contributed by atoms with Crippen LogP contribution in [0.5, 0.6) is 0 Å². The summed E-state index contributed by atoms with van der Waals surface area (Å²) in [4.78, 5) is 11.4. The maximum Gasteiger partial charge on any atom is 0.407 e. The highest BCUT2D eigenvalue weighted by molar-refractivity contribution is 5.67. The number of hydrogen-bond donors (Lipinski definition) is 2. The van der Waals surface area contributed by atoms with Crippen molar-refractivity contribution in [1.82, 2.24) is 10.6 Å². The molecule has 0 aliphatic rings. The molecular formula is C16H34N2O5. The van der Waals surface area contributed by atoms with Crippen LogP contribution in [0.1, 0.15) is 33.6 Å². The second-order valence-electron chi connectivity index (χ2n) is 6.08. The zero-order valence-corrected chi connectivity index (χ0v) is 15.1. The minimum absolute atomic E-state index is 0.393. The molecule has 0 fully saturated rings. The van der Waals surface area contributed by atoms with E-state index in [4.69, 9.17) is 18.9 Å². The van der Waals surface area contributed by atoms with Crippen molar-refractivity contribution in [3.8, 4) is 0 Å². The van der Waals surface area contributed by atoms with Crippen molar-refractivity contribution in [3.05, 3.63) is 0 Å². The number of ether oxygens (including phenoxy) is 4. The first-order valence-corrected chi connectivity index (χ1v) is 8.30. The Hall–Kier alpha value is -0.890. The fourth-order valence-corrected chi connectivity index (χ4v) is 1.57. The molecule has 0 saturated carbocycles. The fourth-order valence-electron chi connectivity index (χ4n) is 1.57. The zero-order valence-electron chi connectivity index (χ0n) is 15.1. The van der Waals surface area contributed by atoms with Crippen LogP contribution in [0.25, 0.3) is 0 Å². The highest BCUT2D eigenvalue weighted by Crippen LogP contribution is 2.06. The standard InChI is InChI=1S/C16H34N2O5/c1-16(2,3)23-15(19)18-8-6-10-21-12-14-22-13-11-20-9-5-7-17-4/h17H,5-14H2,1-4H3,(H,18,19). The van der Waals surface area contributed by atoms with Crippen molar-refractivity contribution >= 4 is 6.09 Å². The van der Waals surface area contributed by atoms with E-state index in [9.17, 15) is 4.79 Å². The lowest BCUT2D eigenvalue weighted by atomic mass is 10.2. The van der Waals surface area contributed by atoms with Gasteiger partial charge in [0.2, 0.25) is 0 Å². The Labute approximate surface area is 140 Å². The summed E-state index contributed by atoms with van der Waals surface area (Å²) in [7, 11) is 1.93. The molecule has 0 heterocycles. The topological polar surface area (TPSA) is 78.0 Å². The summed E-state index contributed by atoms with van der Waals surface area (Å²) in [6, 6.07) is 0. The van der Waals surface area contributed by atoms with Gasteiger partial charge in [0.05, 0.1) is 26.4 Å². The van der Waals surface area contributed by atoms with Crippen LogP contribution in [-0.2, 0) is 18.9 Å². The Morgan fingerprint density at radius 2 is 1.30 bits per heavy atom. The van der Waals surface area contributed by atoms with Gasteiger partial charge in [0.1, 0.15) is 5.60 Å². The molecule has 7 heteroatoms. The summed E-state index contributed by atoms with van der Waals surface area (Å²) in [5.74, 6) is 0. The molecule has 0 aromatic heterocycles. The predicted octanol–water partition coefficient (Wildman–Crippen LogP) is 1.56. The highest BCUT2D eigenvalue weighted by atomic mass is 16.6. The Bertz CT molecular complexity index is 282. The maximum atomic E-state index is 11.4. The average Bonchev–Trinajstić information content (AvgIpc) is 2.46. The van der Waals surface area contributed by atoms with Gasteiger partial charge in [-0.05, 0) is 47.2 Å². The second kappa shape index (κ2) is 14.7. The third kappa shape index (κ3) is 19.1. The lowest BCUT2D eigenvalue weighted by molar-refractivity contribution is 0.0136. The highest BCUT2D eigenvalue weighted by Gasteiger charge is 2.15. The Morgan fingerprint density at radius 1 is 0.826 bits per heavy atom. The average molecular weight is 334 g/mol. The summed E-state index contributed by atoms with van der Waals surface area (Å²) in [6.45, 7) is 10.7. The van der Waals surface area contributed by atoms with Gasteiger partial charge < -0.3 is 29.6 Å². The number of hydrogen-bond acceptors (Lipinski definition) is 6. The summed E-state index contributed by atoms with van der Waals surface area (Å²) in [5.41, 5.74) is -0.464. The predicted molar refractivity (Wildman–Crippen MR) is 89.9 cm³/mol. The van der Waals surface area contributed by atoms with Crippen LogP contribution in [0.15, 0.2) is 0 Å². The van der Waals surface area contributed by atoms with Gasteiger partial charge >= 0.3 is 6.09 Å². The van der Waals surface area contributed by atoms with E-state index in [1.165, 1.54) is 0 Å². The van der Waals surface area contributed by atoms with Crippen molar-refractivity contribution < 1.29 is 23.7 Å². The Kier molecular flexibility index (Phi) is 14.1. The van der Waals surface area contributed by atoms with Gasteiger partial charge in [0.25, 0.3) is 0 Å². The van der Waals surface area contributed by atoms with Gasteiger partial charge in [-0.2, -0.15) is 0 Å². The van der Waals surface area contributed by atoms with Crippen molar-refractivity contribution in [2.24, 2.45) is 0 Å². The Balaban J connectivity index is 3.15. The number of alkyl carbamates (subject to hydrolysis) is 1. The van der Waals surface area contributed by atoms with Crippen molar-refractivity contribution in [2.45, 2.75) is 39.2 Å². The van der Waals surface area contributed by atoms with Gasteiger partial charge in [-0.3, -0.25) is 0 Å². The van der Waals surface area contributed by atoms with Gasteiger partial charge in [0, 0.05) is 19.8 Å². The minimum atomic E-state index is -0.464. The third-order valence-electron chi connectivity index (χ3n) is 2.59. The van der Waals surface area contributed by atoms with E-state index in [1.54, 1.807) is 0 Å². The lowest BCUT2D eigenvalue weighted by Gasteiger charge is -2.19. The first-order valence-electron chi connectivity index (χ1n) is 8.30. The summed E-state index contributed by atoms with van der Waals surface area (Å²) >= 11 is 0. The van der Waals surface area contributed by atoms with Crippen molar-refractivity contribution in [1.29, 1.82) is 0 Å². The molecule has 7 nitrogen and oxygen atoms in total. The molecule has 138 valence electrons. The van der Waals surface area contributed by atoms with E-state index in [1.807, 2.05) is 27.8 Å². The number of nitrogens with one attached hydrogen (secondary N) is 2. The molecule has 0 aromatic rings. The third-order valence-corrected chi connectivity index (χ3v) is 2.59. The molecule has 0 saturated heterocycles. The van der Waals surface area contributed by atoms with E-state index in [2.05, 4.69) is 10.6 Å². The fraction of sp³-hybridized carbons (Fsp3) is 0.938. The van der Waals surface area contributed by atoms with Crippen LogP contribution in [0.2, 0.25) is 0 Å². The molecule has 0 spiro atoms. The van der Waals surface area contributed by atoms with Gasteiger partial charge in [-0.25, -0.2) is 4.79 Å². The zero-order chi connectivity index (χ0) is 17.4. The summed E-state index contributed by atoms with van der Waals surface area (Å²) in [5, 5.41) is 5.75. The monoisotopic (exact) mass is 334 g/mol. The van der Waals surface area contributed by atoms with E-state index in [0.717, 1.165) is 26.0 Å². The first kappa shape index (κ1) is 22.1. The number of amides is 1. The molecule has 0 radical (unpaired) electrons. The summed E-state index contributed by atoms with van der Waals surface area (Å²) < 4.78 is 21.3. The van der Waals surface area contributed by atoms with Crippen LogP contribution in [0, 0.1) is 0 Å². The van der Waals surface area contributed by atoms with Gasteiger partial charge in [-0.15, -0.1) is 0 Å². The smallest absolute Gasteiger partial charge is 0.407 e. The van der Waals surface area contributed by atoms with Crippen LogP contribution in [0.4, 0.5) is 4.79 Å². The largest absolute Gasteiger partial charge is 0.444 e. The van der Waals surface area contributed by atoms with E-state index >= 15 is 0 Å².